The second kappa shape index (κ2) is 7.67. The minimum absolute atomic E-state index is 0.00841. The highest BCUT2D eigenvalue weighted by Crippen LogP contribution is 2.43. The van der Waals surface area contributed by atoms with Crippen molar-refractivity contribution in [2.45, 2.75) is 0 Å². The van der Waals surface area contributed by atoms with Gasteiger partial charge in [0.05, 0.1) is 5.56 Å². The van der Waals surface area contributed by atoms with Crippen LogP contribution in [0.4, 0.5) is 0 Å². The minimum Gasteiger partial charge on any atom is -0.507 e. The van der Waals surface area contributed by atoms with Crippen molar-refractivity contribution in [1.29, 1.82) is 0 Å². The number of phenols is 1. The van der Waals surface area contributed by atoms with Crippen LogP contribution in [0.3, 0.4) is 0 Å². The van der Waals surface area contributed by atoms with Crippen LogP contribution in [0.5, 0.6) is 5.75 Å². The number of hydrogen-bond donors (Lipinski definition) is 1. The van der Waals surface area contributed by atoms with Gasteiger partial charge in [-0.1, -0.05) is 84.9 Å². The summed E-state index contributed by atoms with van der Waals surface area (Å²) in [4.78, 5) is 13.6. The van der Waals surface area contributed by atoms with Gasteiger partial charge in [-0.15, -0.1) is 0 Å². The second-order valence-electron chi connectivity index (χ2n) is 9.77. The average molecular weight is 489 g/mol. The van der Waals surface area contributed by atoms with E-state index in [0.29, 0.717) is 11.1 Å². The Morgan fingerprint density at radius 3 is 2.05 bits per heavy atom. The topological polar surface area (TPSA) is 50.4 Å². The molecule has 8 aromatic rings. The van der Waals surface area contributed by atoms with Gasteiger partial charge in [0.15, 0.2) is 5.78 Å². The molecule has 0 saturated carbocycles. The number of ketones is 1. The van der Waals surface area contributed by atoms with Crippen LogP contribution in [-0.4, -0.2) is 10.9 Å². The van der Waals surface area contributed by atoms with Gasteiger partial charge in [-0.2, -0.15) is 0 Å². The Morgan fingerprint density at radius 2 is 1.18 bits per heavy atom. The van der Waals surface area contributed by atoms with E-state index < -0.39 is 0 Å². The van der Waals surface area contributed by atoms with E-state index in [-0.39, 0.29) is 11.5 Å². The van der Waals surface area contributed by atoms with Crippen LogP contribution in [-0.2, 0) is 0 Å². The fourth-order valence-corrected chi connectivity index (χ4v) is 6.04. The Balaban J connectivity index is 1.45. The summed E-state index contributed by atoms with van der Waals surface area (Å²) in [6.07, 6.45) is 0. The molecule has 0 bridgehead atoms. The summed E-state index contributed by atoms with van der Waals surface area (Å²) < 4.78 is 6.18. The summed E-state index contributed by atoms with van der Waals surface area (Å²) in [5, 5.41) is 19.0. The number of benzene rings is 7. The van der Waals surface area contributed by atoms with Gasteiger partial charge >= 0.3 is 0 Å². The van der Waals surface area contributed by atoms with Gasteiger partial charge in [0, 0.05) is 16.3 Å². The Kier molecular flexibility index (Phi) is 4.24. The van der Waals surface area contributed by atoms with Crippen molar-refractivity contribution in [3.05, 3.63) is 126 Å². The third kappa shape index (κ3) is 2.81. The summed E-state index contributed by atoms with van der Waals surface area (Å²) in [5.74, 6) is -0.193. The number of carbonyl (C=O) groups is 1. The summed E-state index contributed by atoms with van der Waals surface area (Å²) in [5.41, 5.74) is 4.88. The number of para-hydroxylation sites is 2. The molecule has 0 atom stereocenters. The molecule has 7 aromatic carbocycles. The molecule has 0 spiro atoms. The summed E-state index contributed by atoms with van der Waals surface area (Å²) in [7, 11) is 0. The van der Waals surface area contributed by atoms with E-state index >= 15 is 0 Å². The highest BCUT2D eigenvalue weighted by Gasteiger charge is 2.20. The SMILES string of the molecule is O=C(c1ccccc1O)c1ccc2ccc3c(-c4cccc5oc6ccccc6c45)ccc4ccc1c2c43. The molecule has 0 saturated heterocycles. The van der Waals surface area contributed by atoms with E-state index in [0.717, 1.165) is 65.4 Å². The number of fused-ring (bicyclic) bond motifs is 3. The summed E-state index contributed by atoms with van der Waals surface area (Å²) >= 11 is 0. The maximum Gasteiger partial charge on any atom is 0.197 e. The molecule has 1 aromatic heterocycles. The molecule has 0 unspecified atom stereocenters. The third-order valence-electron chi connectivity index (χ3n) is 7.75. The molecule has 1 heterocycles. The van der Waals surface area contributed by atoms with Gasteiger partial charge in [0.2, 0.25) is 0 Å². The number of furan rings is 1. The lowest BCUT2D eigenvalue weighted by Crippen LogP contribution is -2.03. The van der Waals surface area contributed by atoms with E-state index in [1.807, 2.05) is 48.5 Å². The van der Waals surface area contributed by atoms with Gasteiger partial charge in [0.1, 0.15) is 16.9 Å². The maximum absolute atomic E-state index is 13.6. The molecule has 0 radical (unpaired) electrons. The molecule has 1 N–H and O–H groups in total. The van der Waals surface area contributed by atoms with Crippen LogP contribution in [0.1, 0.15) is 15.9 Å². The fourth-order valence-electron chi connectivity index (χ4n) is 6.04. The first kappa shape index (κ1) is 21.0. The molecule has 3 nitrogen and oxygen atoms in total. The van der Waals surface area contributed by atoms with Gasteiger partial charge in [0.25, 0.3) is 0 Å². The van der Waals surface area contributed by atoms with Crippen molar-refractivity contribution >= 4 is 60.0 Å². The first-order valence-corrected chi connectivity index (χ1v) is 12.6. The lowest BCUT2D eigenvalue weighted by molar-refractivity contribution is 0.103. The highest BCUT2D eigenvalue weighted by molar-refractivity contribution is 6.30. The normalized spacial score (nSPS) is 11.9. The van der Waals surface area contributed by atoms with Crippen molar-refractivity contribution in [2.24, 2.45) is 0 Å². The highest BCUT2D eigenvalue weighted by atomic mass is 16.3. The Morgan fingerprint density at radius 1 is 0.500 bits per heavy atom. The molecular weight excluding hydrogens is 468 g/mol. The third-order valence-corrected chi connectivity index (χ3v) is 7.75. The van der Waals surface area contributed by atoms with Gasteiger partial charge in [-0.05, 0) is 73.8 Å². The van der Waals surface area contributed by atoms with E-state index in [2.05, 4.69) is 42.5 Å². The lowest BCUT2D eigenvalue weighted by Gasteiger charge is -2.16. The Labute approximate surface area is 217 Å². The molecule has 0 aliphatic rings. The maximum atomic E-state index is 13.6. The molecule has 8 rings (SSSR count). The molecule has 178 valence electrons. The molecule has 0 aliphatic carbocycles. The van der Waals surface area contributed by atoms with Crippen LogP contribution in [0.15, 0.2) is 120 Å². The van der Waals surface area contributed by atoms with Gasteiger partial charge < -0.3 is 9.52 Å². The van der Waals surface area contributed by atoms with Gasteiger partial charge in [-0.25, -0.2) is 0 Å². The Bertz CT molecular complexity index is 2220. The monoisotopic (exact) mass is 488 g/mol. The molecule has 0 aliphatic heterocycles. The zero-order valence-electron chi connectivity index (χ0n) is 20.2. The number of hydrogen-bond acceptors (Lipinski definition) is 3. The fraction of sp³-hybridized carbons (Fsp3) is 0. The van der Waals surface area contributed by atoms with Gasteiger partial charge in [-0.3, -0.25) is 4.79 Å². The van der Waals surface area contributed by atoms with Crippen molar-refractivity contribution in [3.63, 3.8) is 0 Å². The predicted octanol–water partition coefficient (Wildman–Crippen LogP) is 9.09. The van der Waals surface area contributed by atoms with Crippen molar-refractivity contribution < 1.29 is 14.3 Å². The number of carbonyl (C=O) groups excluding carboxylic acids is 1. The van der Waals surface area contributed by atoms with Crippen LogP contribution in [0.25, 0.3) is 65.4 Å². The smallest absolute Gasteiger partial charge is 0.197 e. The number of aromatic hydroxyl groups is 1. The van der Waals surface area contributed by atoms with Crippen LogP contribution in [0.2, 0.25) is 0 Å². The standard InChI is InChI=1S/C35H20O3/c36-29-9-3-1-6-27(29)35(37)26-19-15-21-13-17-24-22(16-12-20-14-18-25(26)33(21)32(20)24)23-8-5-11-31-34(23)28-7-2-4-10-30(28)38-31/h1-19,36H. The zero-order valence-corrected chi connectivity index (χ0v) is 20.2. The Hall–Kier alpha value is -5.15. The largest absolute Gasteiger partial charge is 0.507 e. The van der Waals surface area contributed by atoms with E-state index in [4.69, 9.17) is 4.42 Å². The van der Waals surface area contributed by atoms with Crippen LogP contribution < -0.4 is 0 Å². The van der Waals surface area contributed by atoms with Crippen molar-refractivity contribution in [2.75, 3.05) is 0 Å². The van der Waals surface area contributed by atoms with Crippen LogP contribution in [0, 0.1) is 0 Å². The molecule has 3 heteroatoms. The molecule has 0 fully saturated rings. The molecule has 0 amide bonds. The molecular formula is C35H20O3. The quantitative estimate of drug-likeness (QED) is 0.199. The average Bonchev–Trinajstić information content (AvgIpc) is 3.35. The first-order valence-electron chi connectivity index (χ1n) is 12.6. The zero-order chi connectivity index (χ0) is 25.4. The van der Waals surface area contributed by atoms with E-state index in [1.165, 1.54) is 0 Å². The predicted molar refractivity (Wildman–Crippen MR) is 154 cm³/mol. The summed E-state index contributed by atoms with van der Waals surface area (Å²) in [6, 6.07) is 37.8. The number of phenolic OH excluding ortho intramolecular Hbond substituents is 1. The lowest BCUT2D eigenvalue weighted by atomic mass is 9.86. The number of rotatable bonds is 3. The summed E-state index contributed by atoms with van der Waals surface area (Å²) in [6.45, 7) is 0. The molecule has 38 heavy (non-hydrogen) atoms. The minimum atomic E-state index is -0.184. The van der Waals surface area contributed by atoms with Crippen molar-refractivity contribution in [1.82, 2.24) is 0 Å². The van der Waals surface area contributed by atoms with Crippen LogP contribution >= 0.6 is 0 Å². The van der Waals surface area contributed by atoms with E-state index in [9.17, 15) is 9.90 Å². The van der Waals surface area contributed by atoms with E-state index in [1.54, 1.807) is 24.3 Å². The van der Waals surface area contributed by atoms with Crippen molar-refractivity contribution in [3.8, 4) is 16.9 Å². The first-order chi connectivity index (χ1) is 18.7. The second-order valence-corrected chi connectivity index (χ2v) is 9.77.